The van der Waals surface area contributed by atoms with Gasteiger partial charge in [0, 0.05) is 5.56 Å². The minimum atomic E-state index is 0.802. The van der Waals surface area contributed by atoms with Gasteiger partial charge in [0.25, 0.3) is 0 Å². The molecule has 138 valence electrons. The van der Waals surface area contributed by atoms with Crippen molar-refractivity contribution in [3.8, 4) is 22.6 Å². The molecule has 0 atom stereocenters. The molecular weight excluding hydrogens is 356 g/mol. The Morgan fingerprint density at radius 3 is 2.83 bits per heavy atom. The predicted molar refractivity (Wildman–Crippen MR) is 118 cm³/mol. The third-order valence-electron chi connectivity index (χ3n) is 5.54. The number of H-pyrrole nitrogens is 2. The van der Waals surface area contributed by atoms with Crippen molar-refractivity contribution < 1.29 is 0 Å². The average molecular weight is 374 g/mol. The fourth-order valence-electron chi connectivity index (χ4n) is 4.10. The van der Waals surface area contributed by atoms with Crippen LogP contribution in [0.25, 0.3) is 50.5 Å². The van der Waals surface area contributed by atoms with E-state index >= 15 is 0 Å². The maximum Gasteiger partial charge on any atom is 0.159 e. The summed E-state index contributed by atoms with van der Waals surface area (Å²) in [5.41, 5.74) is 7.47. The summed E-state index contributed by atoms with van der Waals surface area (Å²) in [6.45, 7) is 0. The third kappa shape index (κ3) is 2.61. The number of nitrogens with one attached hydrogen (secondary N) is 2. The van der Waals surface area contributed by atoms with Crippen LogP contribution in [-0.2, 0) is 6.42 Å². The number of fused-ring (bicyclic) bond motifs is 3. The first-order chi connectivity index (χ1) is 14.4. The van der Waals surface area contributed by atoms with E-state index in [-0.39, 0.29) is 0 Å². The van der Waals surface area contributed by atoms with Gasteiger partial charge < -0.3 is 4.98 Å². The molecule has 0 radical (unpaired) electrons. The van der Waals surface area contributed by atoms with Crippen LogP contribution in [-0.4, -0.2) is 20.2 Å². The van der Waals surface area contributed by atoms with Crippen LogP contribution in [0, 0.1) is 0 Å². The van der Waals surface area contributed by atoms with E-state index in [1.54, 1.807) is 0 Å². The lowest BCUT2D eigenvalue weighted by molar-refractivity contribution is 1.07. The number of hydrogen-bond acceptors (Lipinski definition) is 2. The van der Waals surface area contributed by atoms with Crippen LogP contribution >= 0.6 is 0 Å². The smallest absolute Gasteiger partial charge is 0.159 e. The van der Waals surface area contributed by atoms with Gasteiger partial charge in [-0.25, -0.2) is 4.98 Å². The highest BCUT2D eigenvalue weighted by molar-refractivity contribution is 5.98. The number of imidazole rings is 1. The van der Waals surface area contributed by atoms with E-state index in [9.17, 15) is 0 Å². The summed E-state index contributed by atoms with van der Waals surface area (Å²) in [4.78, 5) is 8.29. The normalized spacial score (nSPS) is 13.1. The van der Waals surface area contributed by atoms with E-state index < -0.39 is 0 Å². The minimum absolute atomic E-state index is 0.802. The average Bonchev–Trinajstić information content (AvgIpc) is 3.29. The van der Waals surface area contributed by atoms with Crippen molar-refractivity contribution in [2.45, 2.75) is 6.42 Å². The Morgan fingerprint density at radius 2 is 1.83 bits per heavy atom. The Morgan fingerprint density at radius 1 is 0.897 bits per heavy atom. The first kappa shape index (κ1) is 16.1. The molecule has 6 rings (SSSR count). The summed E-state index contributed by atoms with van der Waals surface area (Å²) >= 11 is 0. The molecule has 4 heteroatoms. The molecule has 3 aromatic carbocycles. The monoisotopic (exact) mass is 374 g/mol. The molecule has 0 amide bonds. The number of rotatable bonds is 2. The lowest BCUT2D eigenvalue weighted by Crippen LogP contribution is -1.88. The zero-order chi connectivity index (χ0) is 19.2. The quantitative estimate of drug-likeness (QED) is 0.404. The Hall–Kier alpha value is -3.92. The largest absolute Gasteiger partial charge is 0.337 e. The Kier molecular flexibility index (Phi) is 3.50. The van der Waals surface area contributed by atoms with Crippen LogP contribution in [0.5, 0.6) is 0 Å². The third-order valence-corrected chi connectivity index (χ3v) is 5.54. The molecule has 0 unspecified atom stereocenters. The zero-order valence-corrected chi connectivity index (χ0v) is 15.7. The lowest BCUT2D eigenvalue weighted by Gasteiger charge is -2.06. The molecule has 5 aromatic rings. The predicted octanol–water partition coefficient (Wildman–Crippen LogP) is 5.90. The van der Waals surface area contributed by atoms with Gasteiger partial charge in [0.2, 0.25) is 0 Å². The Bertz CT molecular complexity index is 1430. The summed E-state index contributed by atoms with van der Waals surface area (Å²) in [6, 6.07) is 21.3. The van der Waals surface area contributed by atoms with E-state index in [0.29, 0.717) is 0 Å². The molecule has 0 spiro atoms. The number of benzene rings is 3. The number of hydrogen-bond donors (Lipinski definition) is 2. The van der Waals surface area contributed by atoms with E-state index in [0.717, 1.165) is 34.7 Å². The van der Waals surface area contributed by atoms with Gasteiger partial charge in [-0.05, 0) is 46.5 Å². The van der Waals surface area contributed by atoms with Gasteiger partial charge in [-0.3, -0.25) is 5.10 Å². The molecular formula is C25H18N4. The summed E-state index contributed by atoms with van der Waals surface area (Å²) in [5, 5.41) is 10.2. The molecule has 1 aliphatic carbocycles. The van der Waals surface area contributed by atoms with E-state index in [4.69, 9.17) is 4.98 Å². The van der Waals surface area contributed by atoms with Crippen molar-refractivity contribution in [1.82, 2.24) is 20.2 Å². The van der Waals surface area contributed by atoms with E-state index in [1.165, 1.54) is 27.5 Å². The summed E-state index contributed by atoms with van der Waals surface area (Å²) in [5.74, 6) is 0.802. The van der Waals surface area contributed by atoms with Crippen molar-refractivity contribution in [2.24, 2.45) is 0 Å². The summed E-state index contributed by atoms with van der Waals surface area (Å²) in [6.07, 6.45) is 9.13. The summed E-state index contributed by atoms with van der Waals surface area (Å²) < 4.78 is 0. The van der Waals surface area contributed by atoms with Gasteiger partial charge in [0.05, 0.1) is 16.7 Å². The van der Waals surface area contributed by atoms with Crippen molar-refractivity contribution >= 4 is 27.9 Å². The van der Waals surface area contributed by atoms with Gasteiger partial charge in [-0.2, -0.15) is 5.10 Å². The van der Waals surface area contributed by atoms with Crippen molar-refractivity contribution in [3.05, 3.63) is 90.1 Å². The minimum Gasteiger partial charge on any atom is -0.337 e. The van der Waals surface area contributed by atoms with Gasteiger partial charge in [-0.15, -0.1) is 0 Å². The number of aromatic nitrogens is 4. The van der Waals surface area contributed by atoms with E-state index in [2.05, 4.69) is 94.1 Å². The van der Waals surface area contributed by atoms with Crippen LogP contribution in [0.1, 0.15) is 11.3 Å². The maximum absolute atomic E-state index is 4.80. The second-order valence-corrected chi connectivity index (χ2v) is 7.30. The summed E-state index contributed by atoms with van der Waals surface area (Å²) in [7, 11) is 0. The van der Waals surface area contributed by atoms with Crippen LogP contribution in [0.4, 0.5) is 0 Å². The molecule has 0 saturated heterocycles. The second kappa shape index (κ2) is 6.31. The highest BCUT2D eigenvalue weighted by Gasteiger charge is 2.17. The number of nitrogens with zero attached hydrogens (tertiary/aromatic N) is 2. The van der Waals surface area contributed by atoms with Crippen LogP contribution in [0.2, 0.25) is 0 Å². The van der Waals surface area contributed by atoms with Crippen molar-refractivity contribution in [1.29, 1.82) is 0 Å². The SMILES string of the molecule is C1=CCc2c(-c3nc4ccc(-c5cccc6ccccc56)cc4[nH]3)n[nH]c2C=C1. The molecule has 2 heterocycles. The van der Waals surface area contributed by atoms with Crippen LogP contribution in [0.15, 0.2) is 78.9 Å². The highest BCUT2D eigenvalue weighted by Crippen LogP contribution is 2.32. The van der Waals surface area contributed by atoms with Crippen LogP contribution < -0.4 is 0 Å². The van der Waals surface area contributed by atoms with Gasteiger partial charge in [0.1, 0.15) is 5.69 Å². The van der Waals surface area contributed by atoms with E-state index in [1.807, 2.05) is 6.08 Å². The van der Waals surface area contributed by atoms with Gasteiger partial charge >= 0.3 is 0 Å². The standard InChI is InChI=1S/C25H18N4/c1-2-10-20-21(12-3-1)28-29-24(20)25-26-22-14-13-17(15-23(22)27-25)19-11-6-8-16-7-4-5-9-18(16)19/h1-9,11-15H,10H2,(H,26,27)(H,28,29). The van der Waals surface area contributed by atoms with Crippen molar-refractivity contribution in [3.63, 3.8) is 0 Å². The molecule has 0 aliphatic heterocycles. The molecule has 2 aromatic heterocycles. The first-order valence-electron chi connectivity index (χ1n) is 9.75. The lowest BCUT2D eigenvalue weighted by atomic mass is 9.98. The molecule has 2 N–H and O–H groups in total. The zero-order valence-electron chi connectivity index (χ0n) is 15.7. The molecule has 4 nitrogen and oxygen atoms in total. The molecule has 29 heavy (non-hydrogen) atoms. The molecule has 1 aliphatic rings. The molecule has 0 bridgehead atoms. The fraction of sp³-hybridized carbons (Fsp3) is 0.0400. The highest BCUT2D eigenvalue weighted by atomic mass is 15.1. The second-order valence-electron chi connectivity index (χ2n) is 7.30. The number of allylic oxidation sites excluding steroid dienone is 3. The number of aromatic amines is 2. The Labute approximate surface area is 167 Å². The first-order valence-corrected chi connectivity index (χ1v) is 9.75. The van der Waals surface area contributed by atoms with Gasteiger partial charge in [-0.1, -0.05) is 66.8 Å². The van der Waals surface area contributed by atoms with Crippen LogP contribution in [0.3, 0.4) is 0 Å². The van der Waals surface area contributed by atoms with Crippen molar-refractivity contribution in [2.75, 3.05) is 0 Å². The Balaban J connectivity index is 1.48. The molecule has 0 saturated carbocycles. The van der Waals surface area contributed by atoms with Gasteiger partial charge in [0.15, 0.2) is 5.82 Å². The topological polar surface area (TPSA) is 57.4 Å². The maximum atomic E-state index is 4.80. The fourth-order valence-corrected chi connectivity index (χ4v) is 4.10. The molecule has 0 fully saturated rings.